The number of thioether (sulfide) groups is 1. The molecule has 1 fully saturated rings. The van der Waals surface area contributed by atoms with Gasteiger partial charge >= 0.3 is 5.97 Å². The number of hydrogen-bond donors (Lipinski definition) is 1. The Bertz CT molecular complexity index is 520. The van der Waals surface area contributed by atoms with Crippen molar-refractivity contribution in [1.29, 1.82) is 0 Å². The first-order chi connectivity index (χ1) is 9.56. The second-order valence-electron chi connectivity index (χ2n) is 4.44. The van der Waals surface area contributed by atoms with Gasteiger partial charge in [-0.1, -0.05) is 18.2 Å². The number of carboxylic acid groups (broad SMARTS) is 1. The van der Waals surface area contributed by atoms with Crippen LogP contribution in [0.2, 0.25) is 0 Å². The maximum absolute atomic E-state index is 11.8. The molecule has 1 aliphatic heterocycles. The van der Waals surface area contributed by atoms with Gasteiger partial charge in [0.25, 0.3) is 0 Å². The molecule has 1 aliphatic rings. The lowest BCUT2D eigenvalue weighted by Gasteiger charge is -2.27. The fourth-order valence-corrected chi connectivity index (χ4v) is 3.79. The highest BCUT2D eigenvalue weighted by atomic mass is 32.2. The lowest BCUT2D eigenvalue weighted by molar-refractivity contribution is -0.148. The van der Waals surface area contributed by atoms with Gasteiger partial charge in [0.05, 0.1) is 6.61 Å². The summed E-state index contributed by atoms with van der Waals surface area (Å²) >= 11 is 1.45. The fraction of sp³-hybridized carbons (Fsp3) is 0.429. The number of aliphatic carboxylic acids is 1. The van der Waals surface area contributed by atoms with Crippen LogP contribution in [0.4, 0.5) is 0 Å². The van der Waals surface area contributed by atoms with Gasteiger partial charge in [0.1, 0.15) is 17.2 Å². The predicted octanol–water partition coefficient (Wildman–Crippen LogP) is 2.13. The van der Waals surface area contributed by atoms with E-state index >= 15 is 0 Å². The third-order valence-electron chi connectivity index (χ3n) is 3.13. The molecule has 108 valence electrons. The Hall–Kier alpha value is -1.69. The van der Waals surface area contributed by atoms with Crippen molar-refractivity contribution in [3.05, 3.63) is 29.8 Å². The molecule has 6 heteroatoms. The molecule has 0 radical (unpaired) electrons. The van der Waals surface area contributed by atoms with Crippen molar-refractivity contribution in [2.45, 2.75) is 25.3 Å². The Morgan fingerprint density at radius 3 is 2.75 bits per heavy atom. The highest BCUT2D eigenvalue weighted by molar-refractivity contribution is 7.99. The van der Waals surface area contributed by atoms with Gasteiger partial charge in [-0.25, -0.2) is 4.79 Å². The molecule has 2 atom stereocenters. The van der Waals surface area contributed by atoms with Crippen molar-refractivity contribution in [3.8, 4) is 5.75 Å². The van der Waals surface area contributed by atoms with Gasteiger partial charge in [-0.3, -0.25) is 4.79 Å². The summed E-state index contributed by atoms with van der Waals surface area (Å²) < 4.78 is 5.57. The first kappa shape index (κ1) is 14.7. The first-order valence-electron chi connectivity index (χ1n) is 6.41. The van der Waals surface area contributed by atoms with Gasteiger partial charge in [-0.15, -0.1) is 11.8 Å². The first-order valence-corrected chi connectivity index (χ1v) is 7.46. The van der Waals surface area contributed by atoms with Crippen molar-refractivity contribution in [3.63, 3.8) is 0 Å². The average Bonchev–Trinajstić information content (AvgIpc) is 2.84. The van der Waals surface area contributed by atoms with E-state index in [-0.39, 0.29) is 11.3 Å². The molecule has 0 unspecified atom stereocenters. The van der Waals surface area contributed by atoms with Crippen LogP contribution in [0.1, 0.15) is 24.8 Å². The van der Waals surface area contributed by atoms with Crippen molar-refractivity contribution in [1.82, 2.24) is 4.90 Å². The van der Waals surface area contributed by atoms with E-state index in [0.717, 1.165) is 5.56 Å². The number of amides is 1. The Morgan fingerprint density at radius 1 is 1.45 bits per heavy atom. The summed E-state index contributed by atoms with van der Waals surface area (Å²) in [5, 5.41) is 8.92. The molecule has 1 aromatic carbocycles. The van der Waals surface area contributed by atoms with E-state index < -0.39 is 12.0 Å². The minimum atomic E-state index is -0.968. The summed E-state index contributed by atoms with van der Waals surface area (Å²) in [5.74, 6) is -0.118. The topological polar surface area (TPSA) is 66.8 Å². The molecule has 1 heterocycles. The second kappa shape index (κ2) is 6.17. The molecule has 5 nitrogen and oxygen atoms in total. The summed E-state index contributed by atoms with van der Waals surface area (Å²) in [4.78, 5) is 24.5. The number of nitrogens with zero attached hydrogens (tertiary/aromatic N) is 1. The number of hydrogen-bond acceptors (Lipinski definition) is 4. The highest BCUT2D eigenvalue weighted by Crippen LogP contribution is 2.44. The molecular formula is C14H17NO4S. The zero-order valence-electron chi connectivity index (χ0n) is 11.4. The largest absolute Gasteiger partial charge is 0.493 e. The Labute approximate surface area is 121 Å². The van der Waals surface area contributed by atoms with Crippen LogP contribution in [-0.2, 0) is 9.59 Å². The summed E-state index contributed by atoms with van der Waals surface area (Å²) in [6.07, 6.45) is 0. The Kier molecular flexibility index (Phi) is 4.54. The van der Waals surface area contributed by atoms with E-state index in [1.165, 1.54) is 23.6 Å². The van der Waals surface area contributed by atoms with E-state index in [4.69, 9.17) is 4.74 Å². The molecule has 0 aliphatic carbocycles. The van der Waals surface area contributed by atoms with E-state index in [2.05, 4.69) is 0 Å². The van der Waals surface area contributed by atoms with Gasteiger partial charge in [-0.05, 0) is 13.0 Å². The summed E-state index contributed by atoms with van der Waals surface area (Å²) in [6.45, 7) is 3.82. The molecule has 1 aromatic rings. The standard InChI is InChI=1S/C14H17NO4S/c1-3-19-12-7-5-4-6-10(12)13-15(9(2)16)11(8-20-13)14(17)18/h4-7,11,13H,3,8H2,1-2H3,(H,17,18)/t11-,13+/m0/s1. The minimum Gasteiger partial charge on any atom is -0.493 e. The lowest BCUT2D eigenvalue weighted by atomic mass is 10.1. The number of carbonyl (C=O) groups excluding carboxylic acids is 1. The van der Waals surface area contributed by atoms with Crippen LogP contribution >= 0.6 is 11.8 Å². The van der Waals surface area contributed by atoms with Gasteiger partial charge < -0.3 is 14.7 Å². The van der Waals surface area contributed by atoms with Gasteiger partial charge in [0.2, 0.25) is 5.91 Å². The number of ether oxygens (including phenoxy) is 1. The van der Waals surface area contributed by atoms with Crippen molar-refractivity contribution >= 4 is 23.6 Å². The number of rotatable bonds is 4. The van der Waals surface area contributed by atoms with Crippen LogP contribution in [0.25, 0.3) is 0 Å². The summed E-state index contributed by atoms with van der Waals surface area (Å²) in [5.41, 5.74) is 0.846. The van der Waals surface area contributed by atoms with Crippen LogP contribution in [0, 0.1) is 0 Å². The van der Waals surface area contributed by atoms with Crippen LogP contribution in [0.3, 0.4) is 0 Å². The normalized spacial score (nSPS) is 21.8. The zero-order valence-corrected chi connectivity index (χ0v) is 12.2. The van der Waals surface area contributed by atoms with Gasteiger partial charge in [-0.2, -0.15) is 0 Å². The van der Waals surface area contributed by atoms with E-state index in [9.17, 15) is 14.7 Å². The number of carbonyl (C=O) groups is 2. The van der Waals surface area contributed by atoms with Crippen LogP contribution < -0.4 is 4.74 Å². The van der Waals surface area contributed by atoms with E-state index in [1.807, 2.05) is 31.2 Å². The quantitative estimate of drug-likeness (QED) is 0.921. The molecule has 0 saturated carbocycles. The van der Waals surface area contributed by atoms with E-state index in [0.29, 0.717) is 18.1 Å². The second-order valence-corrected chi connectivity index (χ2v) is 5.55. The molecule has 1 amide bonds. The molecule has 1 N–H and O–H groups in total. The van der Waals surface area contributed by atoms with Crippen molar-refractivity contribution in [2.24, 2.45) is 0 Å². The van der Waals surface area contributed by atoms with Crippen LogP contribution in [-0.4, -0.2) is 40.3 Å². The predicted molar refractivity (Wildman–Crippen MR) is 76.8 cm³/mol. The average molecular weight is 295 g/mol. The van der Waals surface area contributed by atoms with Gasteiger partial charge in [0, 0.05) is 18.2 Å². The maximum Gasteiger partial charge on any atom is 0.327 e. The summed E-state index contributed by atoms with van der Waals surface area (Å²) in [6, 6.07) is 6.66. The minimum absolute atomic E-state index is 0.237. The van der Waals surface area contributed by atoms with Crippen LogP contribution in [0.5, 0.6) is 5.75 Å². The smallest absolute Gasteiger partial charge is 0.327 e. The molecule has 0 aromatic heterocycles. The number of para-hydroxylation sites is 1. The SMILES string of the molecule is CCOc1ccccc1[C@H]1SC[C@@H](C(=O)O)N1C(C)=O. The van der Waals surface area contributed by atoms with Crippen LogP contribution in [0.15, 0.2) is 24.3 Å². The molecular weight excluding hydrogens is 278 g/mol. The molecule has 0 bridgehead atoms. The number of benzene rings is 1. The lowest BCUT2D eigenvalue weighted by Crippen LogP contribution is -2.41. The molecule has 2 rings (SSSR count). The van der Waals surface area contributed by atoms with E-state index in [1.54, 1.807) is 0 Å². The van der Waals surface area contributed by atoms with Gasteiger partial charge in [0.15, 0.2) is 0 Å². The molecule has 1 saturated heterocycles. The number of carboxylic acids is 1. The molecule has 20 heavy (non-hydrogen) atoms. The third kappa shape index (κ3) is 2.75. The third-order valence-corrected chi connectivity index (χ3v) is 4.44. The zero-order chi connectivity index (χ0) is 14.7. The van der Waals surface area contributed by atoms with Crippen molar-refractivity contribution in [2.75, 3.05) is 12.4 Å². The van der Waals surface area contributed by atoms with Crippen molar-refractivity contribution < 1.29 is 19.4 Å². The Morgan fingerprint density at radius 2 is 2.15 bits per heavy atom. The monoisotopic (exact) mass is 295 g/mol. The highest BCUT2D eigenvalue weighted by Gasteiger charge is 2.41. The maximum atomic E-state index is 11.8. The fourth-order valence-electron chi connectivity index (χ4n) is 2.29. The Balaban J connectivity index is 2.37. The molecule has 0 spiro atoms. The summed E-state index contributed by atoms with van der Waals surface area (Å²) in [7, 11) is 0.